The third-order valence-corrected chi connectivity index (χ3v) is 1.89. The van der Waals surface area contributed by atoms with E-state index >= 15 is 0 Å². The molecule has 0 unspecified atom stereocenters. The Balaban J connectivity index is 3.03. The number of carboxylic acid groups (broad SMARTS) is 1. The molecule has 15 heavy (non-hydrogen) atoms. The fourth-order valence-electron chi connectivity index (χ4n) is 0.895. The smallest absolute Gasteiger partial charge is 0.417 e. The number of hydrogen-bond acceptors (Lipinski definition) is 2. The van der Waals surface area contributed by atoms with E-state index in [2.05, 4.69) is 4.98 Å². The van der Waals surface area contributed by atoms with Gasteiger partial charge in [0.05, 0.1) is 22.7 Å². The first-order valence-corrected chi connectivity index (χ1v) is 4.12. The summed E-state index contributed by atoms with van der Waals surface area (Å²) in [5.74, 6) is -1.20. The minimum atomic E-state index is -4.53. The molecule has 0 radical (unpaired) electrons. The lowest BCUT2D eigenvalue weighted by molar-refractivity contribution is -0.137. The van der Waals surface area contributed by atoms with Gasteiger partial charge in [0, 0.05) is 6.20 Å². The second kappa shape index (κ2) is 4.06. The summed E-state index contributed by atoms with van der Waals surface area (Å²) < 4.78 is 36.4. The number of hydrogen-bond donors (Lipinski definition) is 1. The van der Waals surface area contributed by atoms with Crippen LogP contribution in [0.1, 0.15) is 11.3 Å². The highest BCUT2D eigenvalue weighted by molar-refractivity contribution is 6.31. The highest BCUT2D eigenvalue weighted by Crippen LogP contribution is 2.31. The molecule has 0 aliphatic heterocycles. The van der Waals surface area contributed by atoms with E-state index in [1.807, 2.05) is 0 Å². The van der Waals surface area contributed by atoms with Gasteiger partial charge in [0.25, 0.3) is 0 Å². The van der Waals surface area contributed by atoms with Crippen molar-refractivity contribution in [2.24, 2.45) is 0 Å². The van der Waals surface area contributed by atoms with Crippen molar-refractivity contribution < 1.29 is 23.1 Å². The van der Waals surface area contributed by atoms with Gasteiger partial charge in [-0.2, -0.15) is 13.2 Å². The Hall–Kier alpha value is -1.30. The molecule has 0 amide bonds. The maximum absolute atomic E-state index is 12.1. The Bertz CT molecular complexity index is 392. The van der Waals surface area contributed by atoms with Crippen molar-refractivity contribution in [3.05, 3.63) is 28.5 Å². The van der Waals surface area contributed by atoms with Gasteiger partial charge in [0.2, 0.25) is 0 Å². The van der Waals surface area contributed by atoms with Crippen LogP contribution in [0, 0.1) is 0 Å². The number of nitrogens with zero attached hydrogens (tertiary/aromatic N) is 1. The van der Waals surface area contributed by atoms with Crippen LogP contribution in [-0.4, -0.2) is 16.1 Å². The van der Waals surface area contributed by atoms with E-state index < -0.39 is 24.1 Å². The van der Waals surface area contributed by atoms with Gasteiger partial charge in [-0.3, -0.25) is 9.78 Å². The average molecular weight is 240 g/mol. The minimum Gasteiger partial charge on any atom is -0.481 e. The third kappa shape index (κ3) is 3.09. The number of aromatic nitrogens is 1. The molecule has 1 heterocycles. The van der Waals surface area contributed by atoms with Crippen molar-refractivity contribution in [2.45, 2.75) is 12.6 Å². The molecule has 1 rings (SSSR count). The number of halogens is 4. The topological polar surface area (TPSA) is 50.2 Å². The average Bonchev–Trinajstić information content (AvgIpc) is 2.05. The summed E-state index contributed by atoms with van der Waals surface area (Å²) in [4.78, 5) is 13.6. The number of carboxylic acids is 1. The van der Waals surface area contributed by atoms with Gasteiger partial charge in [0.15, 0.2) is 0 Å². The number of carbonyl (C=O) groups is 1. The predicted octanol–water partition coefficient (Wildman–Crippen LogP) is 2.38. The zero-order valence-electron chi connectivity index (χ0n) is 7.18. The fourth-order valence-corrected chi connectivity index (χ4v) is 1.13. The van der Waals surface area contributed by atoms with E-state index in [-0.39, 0.29) is 10.7 Å². The van der Waals surface area contributed by atoms with Crippen LogP contribution in [0.5, 0.6) is 0 Å². The largest absolute Gasteiger partial charge is 0.481 e. The van der Waals surface area contributed by atoms with Crippen molar-refractivity contribution in [1.82, 2.24) is 4.98 Å². The van der Waals surface area contributed by atoms with E-state index in [4.69, 9.17) is 16.7 Å². The van der Waals surface area contributed by atoms with E-state index in [1.54, 1.807) is 0 Å². The third-order valence-electron chi connectivity index (χ3n) is 1.56. The summed E-state index contributed by atoms with van der Waals surface area (Å²) in [7, 11) is 0. The first-order chi connectivity index (χ1) is 6.80. The zero-order valence-corrected chi connectivity index (χ0v) is 7.93. The van der Waals surface area contributed by atoms with Gasteiger partial charge in [-0.1, -0.05) is 11.6 Å². The van der Waals surface area contributed by atoms with Crippen molar-refractivity contribution in [2.75, 3.05) is 0 Å². The van der Waals surface area contributed by atoms with Gasteiger partial charge < -0.3 is 5.11 Å². The van der Waals surface area contributed by atoms with Crippen molar-refractivity contribution >= 4 is 17.6 Å². The van der Waals surface area contributed by atoms with Gasteiger partial charge in [-0.15, -0.1) is 0 Å². The lowest BCUT2D eigenvalue weighted by Gasteiger charge is -2.07. The van der Waals surface area contributed by atoms with Gasteiger partial charge >= 0.3 is 12.1 Å². The molecule has 1 aromatic rings. The van der Waals surface area contributed by atoms with Crippen LogP contribution in [-0.2, 0) is 17.4 Å². The standard InChI is InChI=1S/C8H5ClF3NO2/c9-5-1-4(8(10,11)12)3-13-6(5)2-7(14)15/h1,3H,2H2,(H,14,15). The molecule has 0 spiro atoms. The Morgan fingerprint density at radius 1 is 1.53 bits per heavy atom. The van der Waals surface area contributed by atoms with E-state index in [1.165, 1.54) is 0 Å². The van der Waals surface area contributed by atoms with Crippen LogP contribution < -0.4 is 0 Å². The molecule has 0 fully saturated rings. The summed E-state index contributed by atoms with van der Waals surface area (Å²) in [5.41, 5.74) is -1.08. The van der Waals surface area contributed by atoms with Crippen molar-refractivity contribution in [3.63, 3.8) is 0 Å². The number of rotatable bonds is 2. The summed E-state index contributed by atoms with van der Waals surface area (Å²) in [5, 5.41) is 8.10. The van der Waals surface area contributed by atoms with Crippen molar-refractivity contribution in [3.8, 4) is 0 Å². The molecule has 0 aliphatic rings. The summed E-state index contributed by atoms with van der Waals surface area (Å²) in [6.07, 6.45) is -4.47. The normalized spacial score (nSPS) is 11.5. The molecule has 0 aromatic carbocycles. The second-order valence-electron chi connectivity index (χ2n) is 2.72. The van der Waals surface area contributed by atoms with Crippen LogP contribution in [0.4, 0.5) is 13.2 Å². The van der Waals surface area contributed by atoms with Gasteiger partial charge in [-0.05, 0) is 6.07 Å². The summed E-state index contributed by atoms with van der Waals surface area (Å²) in [6.45, 7) is 0. The molecular formula is C8H5ClF3NO2. The first kappa shape index (κ1) is 11.8. The van der Waals surface area contributed by atoms with Crippen LogP contribution in [0.25, 0.3) is 0 Å². The van der Waals surface area contributed by atoms with E-state index in [0.29, 0.717) is 12.3 Å². The molecule has 0 saturated carbocycles. The van der Waals surface area contributed by atoms with E-state index in [9.17, 15) is 18.0 Å². The van der Waals surface area contributed by atoms with Crippen LogP contribution in [0.15, 0.2) is 12.3 Å². The van der Waals surface area contributed by atoms with E-state index in [0.717, 1.165) is 0 Å². The first-order valence-electron chi connectivity index (χ1n) is 3.74. The lowest BCUT2D eigenvalue weighted by atomic mass is 10.2. The highest BCUT2D eigenvalue weighted by atomic mass is 35.5. The molecule has 82 valence electrons. The summed E-state index contributed by atoms with van der Waals surface area (Å²) in [6, 6.07) is 0.660. The molecular weight excluding hydrogens is 235 g/mol. The SMILES string of the molecule is O=C(O)Cc1ncc(C(F)(F)F)cc1Cl. The molecule has 1 N–H and O–H groups in total. The summed E-state index contributed by atoms with van der Waals surface area (Å²) >= 11 is 5.45. The Labute approximate surface area is 87.5 Å². The lowest BCUT2D eigenvalue weighted by Crippen LogP contribution is -2.08. The maximum atomic E-state index is 12.1. The van der Waals surface area contributed by atoms with Crippen LogP contribution in [0.3, 0.4) is 0 Å². The van der Waals surface area contributed by atoms with Crippen molar-refractivity contribution in [1.29, 1.82) is 0 Å². The molecule has 0 saturated heterocycles. The van der Waals surface area contributed by atoms with Gasteiger partial charge in [0.1, 0.15) is 0 Å². The second-order valence-corrected chi connectivity index (χ2v) is 3.13. The Morgan fingerprint density at radius 2 is 2.13 bits per heavy atom. The zero-order chi connectivity index (χ0) is 11.6. The highest BCUT2D eigenvalue weighted by Gasteiger charge is 2.31. The van der Waals surface area contributed by atoms with Crippen LogP contribution >= 0.6 is 11.6 Å². The Kier molecular flexibility index (Phi) is 3.18. The van der Waals surface area contributed by atoms with Crippen LogP contribution in [0.2, 0.25) is 5.02 Å². The molecule has 0 aliphatic carbocycles. The minimum absolute atomic E-state index is 0.0860. The Morgan fingerprint density at radius 3 is 2.53 bits per heavy atom. The number of aliphatic carboxylic acids is 1. The molecule has 7 heteroatoms. The molecule has 0 bridgehead atoms. The predicted molar refractivity (Wildman–Crippen MR) is 45.6 cm³/mol. The van der Waals surface area contributed by atoms with Gasteiger partial charge in [-0.25, -0.2) is 0 Å². The molecule has 1 aromatic heterocycles. The maximum Gasteiger partial charge on any atom is 0.417 e. The molecule has 0 atom stereocenters. The number of pyridine rings is 1. The molecule has 3 nitrogen and oxygen atoms in total. The fraction of sp³-hybridized carbons (Fsp3) is 0.250. The number of alkyl halides is 3. The quantitative estimate of drug-likeness (QED) is 0.862. The monoisotopic (exact) mass is 239 g/mol.